The zero-order valence-electron chi connectivity index (χ0n) is 14.6. The number of ether oxygens (including phenoxy) is 1. The number of carbonyl (C=O) groups is 1. The number of halogens is 1. The van der Waals surface area contributed by atoms with Gasteiger partial charge in [-0.05, 0) is 43.9 Å². The lowest BCUT2D eigenvalue weighted by Gasteiger charge is -2.65. The fraction of sp³-hybridized carbons (Fsp3) is 0.632. The van der Waals surface area contributed by atoms with Crippen molar-refractivity contribution in [1.29, 1.82) is 0 Å². The molecule has 1 aromatic rings. The first-order valence-corrected chi connectivity index (χ1v) is 9.52. The van der Waals surface area contributed by atoms with Crippen LogP contribution in [0.2, 0.25) is 0 Å². The molecule has 24 heavy (non-hydrogen) atoms. The van der Waals surface area contributed by atoms with Gasteiger partial charge in [-0.1, -0.05) is 41.9 Å². The van der Waals surface area contributed by atoms with E-state index in [4.69, 9.17) is 10.5 Å². The summed E-state index contributed by atoms with van der Waals surface area (Å²) in [5.74, 6) is 0.0880. The zero-order chi connectivity index (χ0) is 17.5. The number of rotatable bonds is 4. The predicted octanol–water partition coefficient (Wildman–Crippen LogP) is 3.03. The molecule has 1 aromatic carbocycles. The van der Waals surface area contributed by atoms with Crippen LogP contribution in [0.5, 0.6) is 0 Å². The number of benzene rings is 1. The molecule has 2 aliphatic rings. The topological polar surface area (TPSA) is 64.4 Å². The normalized spacial score (nSPS) is 32.4. The number of carbonyl (C=O) groups excluding carboxylic acids is 1. The van der Waals surface area contributed by atoms with Gasteiger partial charge in [-0.15, -0.1) is 0 Å². The summed E-state index contributed by atoms with van der Waals surface area (Å²) >= 11 is 3.44. The molecular weight excluding hydrogens is 368 g/mol. The van der Waals surface area contributed by atoms with E-state index in [1.54, 1.807) is 0 Å². The lowest BCUT2D eigenvalue weighted by molar-refractivity contribution is -0.225. The predicted molar refractivity (Wildman–Crippen MR) is 98.6 cm³/mol. The van der Waals surface area contributed by atoms with Crippen molar-refractivity contribution in [1.82, 2.24) is 5.32 Å². The molecule has 0 aromatic heterocycles. The van der Waals surface area contributed by atoms with E-state index in [0.29, 0.717) is 0 Å². The molecular formula is C19H27BrN2O2. The third-order valence-corrected chi connectivity index (χ3v) is 6.42. The molecule has 1 amide bonds. The third-order valence-electron chi connectivity index (χ3n) is 5.89. The first-order chi connectivity index (χ1) is 11.3. The maximum Gasteiger partial charge on any atom is 0.241 e. The van der Waals surface area contributed by atoms with Gasteiger partial charge in [0, 0.05) is 28.5 Å². The highest BCUT2D eigenvalue weighted by Crippen LogP contribution is 2.57. The Balaban J connectivity index is 1.66. The molecule has 0 spiro atoms. The highest BCUT2D eigenvalue weighted by Gasteiger charge is 2.70. The summed E-state index contributed by atoms with van der Waals surface area (Å²) in [6, 6.07) is 8.23. The van der Waals surface area contributed by atoms with E-state index >= 15 is 0 Å². The molecule has 4 atom stereocenters. The summed E-state index contributed by atoms with van der Waals surface area (Å²) in [5, 5.41) is 3.14. The lowest BCUT2D eigenvalue weighted by Crippen LogP contribution is -2.82. The fourth-order valence-corrected chi connectivity index (χ4v) is 4.67. The van der Waals surface area contributed by atoms with Crippen molar-refractivity contribution in [3.8, 4) is 0 Å². The van der Waals surface area contributed by atoms with Gasteiger partial charge in [0.05, 0.1) is 6.10 Å². The average Bonchev–Trinajstić information content (AvgIpc) is 2.56. The van der Waals surface area contributed by atoms with Gasteiger partial charge in [-0.25, -0.2) is 0 Å². The van der Waals surface area contributed by atoms with Gasteiger partial charge in [0.25, 0.3) is 0 Å². The molecule has 0 bridgehead atoms. The van der Waals surface area contributed by atoms with E-state index in [2.05, 4.69) is 47.2 Å². The van der Waals surface area contributed by atoms with Gasteiger partial charge in [0.1, 0.15) is 5.54 Å². The van der Waals surface area contributed by atoms with Crippen LogP contribution in [0.4, 0.5) is 0 Å². The second kappa shape index (κ2) is 6.43. The molecule has 3 rings (SSSR count). The molecule has 2 fully saturated rings. The highest BCUT2D eigenvalue weighted by molar-refractivity contribution is 9.10. The van der Waals surface area contributed by atoms with E-state index in [9.17, 15) is 4.79 Å². The number of hydrogen-bond acceptors (Lipinski definition) is 3. The Labute approximate surface area is 152 Å². The van der Waals surface area contributed by atoms with E-state index < -0.39 is 5.54 Å². The van der Waals surface area contributed by atoms with Gasteiger partial charge in [0.2, 0.25) is 5.91 Å². The molecule has 3 N–H and O–H groups in total. The Morgan fingerprint density at radius 3 is 2.75 bits per heavy atom. The van der Waals surface area contributed by atoms with E-state index in [-0.39, 0.29) is 29.4 Å². The number of fused-ring (bicyclic) bond motifs is 1. The van der Waals surface area contributed by atoms with Gasteiger partial charge in [-0.3, -0.25) is 4.79 Å². The van der Waals surface area contributed by atoms with Crippen molar-refractivity contribution >= 4 is 21.8 Å². The lowest BCUT2D eigenvalue weighted by atomic mass is 9.46. The van der Waals surface area contributed by atoms with Crippen molar-refractivity contribution in [2.24, 2.45) is 17.1 Å². The van der Waals surface area contributed by atoms with Crippen molar-refractivity contribution < 1.29 is 9.53 Å². The second-order valence-corrected chi connectivity index (χ2v) is 8.75. The van der Waals surface area contributed by atoms with Gasteiger partial charge >= 0.3 is 0 Å². The largest absolute Gasteiger partial charge is 0.377 e. The van der Waals surface area contributed by atoms with E-state index in [1.165, 1.54) is 5.56 Å². The molecule has 1 saturated carbocycles. The maximum absolute atomic E-state index is 13.0. The van der Waals surface area contributed by atoms with Crippen LogP contribution in [0.1, 0.15) is 39.2 Å². The number of nitrogens with two attached hydrogens (primary N) is 1. The van der Waals surface area contributed by atoms with E-state index in [0.717, 1.165) is 30.3 Å². The van der Waals surface area contributed by atoms with Crippen molar-refractivity contribution in [2.45, 2.75) is 57.7 Å². The summed E-state index contributed by atoms with van der Waals surface area (Å²) in [5.41, 5.74) is 6.66. The van der Waals surface area contributed by atoms with Crippen LogP contribution < -0.4 is 11.1 Å². The fourth-order valence-electron chi connectivity index (χ4n) is 4.41. The minimum atomic E-state index is -0.841. The maximum atomic E-state index is 13.0. The van der Waals surface area contributed by atoms with Crippen LogP contribution in [0.3, 0.4) is 0 Å². The number of amides is 1. The molecule has 5 heteroatoms. The standard InChI is InChI=1S/C19H27BrN2O2/c1-12(11-13-6-8-14(20)9-7-13)22-17(23)19(21)15-5-4-10-24-16(15)18(19,2)3/h6-9,12,15-16H,4-5,10-11,21H2,1-3H3,(H,22,23). The Morgan fingerprint density at radius 1 is 1.42 bits per heavy atom. The number of nitrogens with one attached hydrogen (secondary N) is 1. The molecule has 4 unspecified atom stereocenters. The third kappa shape index (κ3) is 2.80. The summed E-state index contributed by atoms with van der Waals surface area (Å²) in [6.07, 6.45) is 2.85. The van der Waals surface area contributed by atoms with E-state index in [1.807, 2.05) is 19.1 Å². The van der Waals surface area contributed by atoms with Crippen LogP contribution in [0.15, 0.2) is 28.7 Å². The van der Waals surface area contributed by atoms with Crippen molar-refractivity contribution in [2.75, 3.05) is 6.61 Å². The summed E-state index contributed by atoms with van der Waals surface area (Å²) in [7, 11) is 0. The van der Waals surface area contributed by atoms with Crippen LogP contribution >= 0.6 is 15.9 Å². The molecule has 132 valence electrons. The zero-order valence-corrected chi connectivity index (χ0v) is 16.2. The van der Waals surface area contributed by atoms with Crippen LogP contribution in [-0.2, 0) is 16.0 Å². The highest BCUT2D eigenvalue weighted by atomic mass is 79.9. The Kier molecular flexibility index (Phi) is 4.80. The van der Waals surface area contributed by atoms with Crippen LogP contribution in [0, 0.1) is 11.3 Å². The van der Waals surface area contributed by atoms with Crippen LogP contribution in [0.25, 0.3) is 0 Å². The van der Waals surface area contributed by atoms with Crippen molar-refractivity contribution in [3.63, 3.8) is 0 Å². The molecule has 1 aliphatic carbocycles. The smallest absolute Gasteiger partial charge is 0.241 e. The van der Waals surface area contributed by atoms with Crippen molar-refractivity contribution in [3.05, 3.63) is 34.3 Å². The van der Waals surface area contributed by atoms with Crippen LogP contribution in [-0.4, -0.2) is 30.2 Å². The summed E-state index contributed by atoms with van der Waals surface area (Å²) < 4.78 is 6.94. The molecule has 1 saturated heterocycles. The number of hydrogen-bond donors (Lipinski definition) is 2. The molecule has 1 aliphatic heterocycles. The van der Waals surface area contributed by atoms with Gasteiger partial charge < -0.3 is 15.8 Å². The monoisotopic (exact) mass is 394 g/mol. The molecule has 4 nitrogen and oxygen atoms in total. The Bertz CT molecular complexity index is 616. The minimum absolute atomic E-state index is 0.0381. The molecule has 1 heterocycles. The molecule has 0 radical (unpaired) electrons. The quantitative estimate of drug-likeness (QED) is 0.824. The Hall–Kier alpha value is -0.910. The van der Waals surface area contributed by atoms with Gasteiger partial charge in [-0.2, -0.15) is 0 Å². The first-order valence-electron chi connectivity index (χ1n) is 8.72. The van der Waals surface area contributed by atoms with Gasteiger partial charge in [0.15, 0.2) is 0 Å². The second-order valence-electron chi connectivity index (χ2n) is 7.84. The SMILES string of the molecule is CC(Cc1ccc(Br)cc1)NC(=O)C1(N)C2CCCOC2C1(C)C. The minimum Gasteiger partial charge on any atom is -0.377 e. The average molecular weight is 395 g/mol. The first kappa shape index (κ1) is 17.9. The Morgan fingerprint density at radius 2 is 2.08 bits per heavy atom. The summed E-state index contributed by atoms with van der Waals surface area (Å²) in [4.78, 5) is 13.0. The summed E-state index contributed by atoms with van der Waals surface area (Å²) in [6.45, 7) is 6.92.